The molecular weight excluding hydrogens is 172 g/mol. The van der Waals surface area contributed by atoms with Crippen molar-refractivity contribution in [2.75, 3.05) is 0 Å². The Morgan fingerprint density at radius 3 is 2.46 bits per heavy atom. The number of benzene rings is 1. The van der Waals surface area contributed by atoms with Crippen LogP contribution >= 0.6 is 0 Å². The predicted molar refractivity (Wildman–Crippen MR) is 46.2 cm³/mol. The zero-order chi connectivity index (χ0) is 9.47. The SMILES string of the molecule is NC1(Cc2ccc(F)c(F)c2)CC1. The second-order valence-corrected chi connectivity index (χ2v) is 3.79. The highest BCUT2D eigenvalue weighted by Crippen LogP contribution is 2.35. The molecule has 0 amide bonds. The zero-order valence-corrected chi connectivity index (χ0v) is 7.19. The third kappa shape index (κ3) is 1.86. The van der Waals surface area contributed by atoms with E-state index in [0.29, 0.717) is 6.42 Å². The van der Waals surface area contributed by atoms with Crippen LogP contribution in [0.15, 0.2) is 18.2 Å². The van der Waals surface area contributed by atoms with E-state index in [1.165, 1.54) is 6.07 Å². The van der Waals surface area contributed by atoms with E-state index >= 15 is 0 Å². The third-order valence-electron chi connectivity index (χ3n) is 2.43. The molecular formula is C10H11F2N. The number of nitrogens with two attached hydrogens (primary N) is 1. The Labute approximate surface area is 75.6 Å². The maximum Gasteiger partial charge on any atom is 0.159 e. The van der Waals surface area contributed by atoms with E-state index in [0.717, 1.165) is 24.5 Å². The molecule has 3 heteroatoms. The summed E-state index contributed by atoms with van der Waals surface area (Å²) in [5.41, 5.74) is 6.48. The van der Waals surface area contributed by atoms with Crippen LogP contribution < -0.4 is 5.73 Å². The van der Waals surface area contributed by atoms with Gasteiger partial charge in [-0.3, -0.25) is 0 Å². The Balaban J connectivity index is 2.17. The standard InChI is InChI=1S/C10H11F2N/c11-8-2-1-7(5-9(8)12)6-10(13)3-4-10/h1-2,5H,3-4,6,13H2. The van der Waals surface area contributed by atoms with Gasteiger partial charge < -0.3 is 5.73 Å². The third-order valence-corrected chi connectivity index (χ3v) is 2.43. The first-order valence-corrected chi connectivity index (χ1v) is 4.32. The molecule has 0 radical (unpaired) electrons. The molecule has 1 aliphatic rings. The van der Waals surface area contributed by atoms with Crippen LogP contribution in [0.2, 0.25) is 0 Å². The quantitative estimate of drug-likeness (QED) is 0.745. The van der Waals surface area contributed by atoms with Crippen molar-refractivity contribution in [1.29, 1.82) is 0 Å². The van der Waals surface area contributed by atoms with Gasteiger partial charge in [0.15, 0.2) is 11.6 Å². The number of rotatable bonds is 2. The van der Waals surface area contributed by atoms with E-state index in [2.05, 4.69) is 0 Å². The fraction of sp³-hybridized carbons (Fsp3) is 0.400. The van der Waals surface area contributed by atoms with E-state index in [4.69, 9.17) is 5.73 Å². The molecule has 0 saturated heterocycles. The second kappa shape index (κ2) is 2.77. The molecule has 0 aromatic heterocycles. The minimum atomic E-state index is -0.800. The zero-order valence-electron chi connectivity index (χ0n) is 7.19. The van der Waals surface area contributed by atoms with Crippen molar-refractivity contribution in [3.8, 4) is 0 Å². The summed E-state index contributed by atoms with van der Waals surface area (Å²) < 4.78 is 25.3. The molecule has 0 spiro atoms. The number of hydrogen-bond donors (Lipinski definition) is 1. The smallest absolute Gasteiger partial charge is 0.159 e. The van der Waals surface area contributed by atoms with Gasteiger partial charge in [0.25, 0.3) is 0 Å². The minimum Gasteiger partial charge on any atom is -0.325 e. The van der Waals surface area contributed by atoms with Crippen molar-refractivity contribution in [2.24, 2.45) is 5.73 Å². The maximum absolute atomic E-state index is 12.8. The second-order valence-electron chi connectivity index (χ2n) is 3.79. The first kappa shape index (κ1) is 8.63. The van der Waals surface area contributed by atoms with Gasteiger partial charge in [-0.2, -0.15) is 0 Å². The van der Waals surface area contributed by atoms with Crippen LogP contribution in [0.3, 0.4) is 0 Å². The molecule has 1 nitrogen and oxygen atoms in total. The van der Waals surface area contributed by atoms with Gasteiger partial charge in [0.2, 0.25) is 0 Å². The molecule has 1 aromatic rings. The van der Waals surface area contributed by atoms with E-state index in [1.54, 1.807) is 6.07 Å². The van der Waals surface area contributed by atoms with Crippen molar-refractivity contribution >= 4 is 0 Å². The topological polar surface area (TPSA) is 26.0 Å². The summed E-state index contributed by atoms with van der Waals surface area (Å²) in [7, 11) is 0. The Morgan fingerprint density at radius 1 is 1.23 bits per heavy atom. The molecule has 1 aliphatic carbocycles. The van der Waals surface area contributed by atoms with Crippen molar-refractivity contribution in [1.82, 2.24) is 0 Å². The van der Waals surface area contributed by atoms with Gasteiger partial charge in [0.1, 0.15) is 0 Å². The molecule has 0 atom stereocenters. The number of halogens is 2. The highest BCUT2D eigenvalue weighted by molar-refractivity contribution is 5.22. The van der Waals surface area contributed by atoms with Gasteiger partial charge >= 0.3 is 0 Å². The summed E-state index contributed by atoms with van der Waals surface area (Å²) in [4.78, 5) is 0. The van der Waals surface area contributed by atoms with Gasteiger partial charge in [0, 0.05) is 5.54 Å². The van der Waals surface area contributed by atoms with Crippen LogP contribution in [0.1, 0.15) is 18.4 Å². The Hall–Kier alpha value is -0.960. The van der Waals surface area contributed by atoms with Crippen molar-refractivity contribution in [2.45, 2.75) is 24.8 Å². The van der Waals surface area contributed by atoms with Crippen molar-refractivity contribution in [3.05, 3.63) is 35.4 Å². The molecule has 2 N–H and O–H groups in total. The van der Waals surface area contributed by atoms with E-state index < -0.39 is 11.6 Å². The monoisotopic (exact) mass is 183 g/mol. The van der Waals surface area contributed by atoms with Gasteiger partial charge in [-0.05, 0) is 37.0 Å². The van der Waals surface area contributed by atoms with Crippen LogP contribution in [-0.4, -0.2) is 5.54 Å². The molecule has 2 rings (SSSR count). The van der Waals surface area contributed by atoms with Crippen LogP contribution in [0.5, 0.6) is 0 Å². The average Bonchev–Trinajstić information content (AvgIpc) is 2.76. The number of hydrogen-bond acceptors (Lipinski definition) is 1. The fourth-order valence-electron chi connectivity index (χ4n) is 1.39. The van der Waals surface area contributed by atoms with Crippen molar-refractivity contribution < 1.29 is 8.78 Å². The predicted octanol–water partition coefficient (Wildman–Crippen LogP) is 2.00. The summed E-state index contributed by atoms with van der Waals surface area (Å²) in [5, 5.41) is 0. The summed E-state index contributed by atoms with van der Waals surface area (Å²) in [6, 6.07) is 3.96. The van der Waals surface area contributed by atoms with Crippen LogP contribution in [0.4, 0.5) is 8.78 Å². The molecule has 1 saturated carbocycles. The van der Waals surface area contributed by atoms with E-state index in [-0.39, 0.29) is 5.54 Å². The maximum atomic E-state index is 12.8. The van der Waals surface area contributed by atoms with Gasteiger partial charge in [-0.25, -0.2) is 8.78 Å². The lowest BCUT2D eigenvalue weighted by Crippen LogP contribution is -2.24. The van der Waals surface area contributed by atoms with Gasteiger partial charge in [-0.15, -0.1) is 0 Å². The average molecular weight is 183 g/mol. The Bertz CT molecular complexity index is 332. The Morgan fingerprint density at radius 2 is 1.92 bits per heavy atom. The first-order chi connectivity index (χ1) is 6.09. The largest absolute Gasteiger partial charge is 0.325 e. The lowest BCUT2D eigenvalue weighted by atomic mass is 10.1. The molecule has 13 heavy (non-hydrogen) atoms. The van der Waals surface area contributed by atoms with Crippen LogP contribution in [0.25, 0.3) is 0 Å². The van der Waals surface area contributed by atoms with Gasteiger partial charge in [-0.1, -0.05) is 6.07 Å². The van der Waals surface area contributed by atoms with Crippen LogP contribution in [0, 0.1) is 11.6 Å². The van der Waals surface area contributed by atoms with Crippen molar-refractivity contribution in [3.63, 3.8) is 0 Å². The summed E-state index contributed by atoms with van der Waals surface area (Å²) in [6.07, 6.45) is 2.60. The van der Waals surface area contributed by atoms with E-state index in [9.17, 15) is 8.78 Å². The molecule has 0 aliphatic heterocycles. The highest BCUT2D eigenvalue weighted by atomic mass is 19.2. The molecule has 1 aromatic carbocycles. The lowest BCUT2D eigenvalue weighted by molar-refractivity contribution is 0.505. The first-order valence-electron chi connectivity index (χ1n) is 4.32. The molecule has 0 unspecified atom stereocenters. The molecule has 1 fully saturated rings. The van der Waals surface area contributed by atoms with Crippen LogP contribution in [-0.2, 0) is 6.42 Å². The fourth-order valence-corrected chi connectivity index (χ4v) is 1.39. The summed E-state index contributed by atoms with van der Waals surface area (Å²) >= 11 is 0. The minimum absolute atomic E-state index is 0.149. The molecule has 0 bridgehead atoms. The normalized spacial score (nSPS) is 18.7. The Kier molecular flexibility index (Phi) is 1.84. The van der Waals surface area contributed by atoms with Gasteiger partial charge in [0.05, 0.1) is 0 Å². The van der Waals surface area contributed by atoms with E-state index in [1.807, 2.05) is 0 Å². The lowest BCUT2D eigenvalue weighted by Gasteiger charge is -2.08. The highest BCUT2D eigenvalue weighted by Gasteiger charge is 2.37. The molecule has 70 valence electrons. The summed E-state index contributed by atoms with van der Waals surface area (Å²) in [6.45, 7) is 0. The molecule has 0 heterocycles. The summed E-state index contributed by atoms with van der Waals surface area (Å²) in [5.74, 6) is -1.59.